The fourth-order valence-electron chi connectivity index (χ4n) is 2.46. The van der Waals surface area contributed by atoms with Gasteiger partial charge < -0.3 is 5.32 Å². The van der Waals surface area contributed by atoms with Gasteiger partial charge in [-0.25, -0.2) is 0 Å². The molecule has 3 nitrogen and oxygen atoms in total. The summed E-state index contributed by atoms with van der Waals surface area (Å²) in [6.07, 6.45) is 0. The number of halogens is 1. The van der Waals surface area contributed by atoms with E-state index in [1.54, 1.807) is 48.5 Å². The maximum absolute atomic E-state index is 12.4. The van der Waals surface area contributed by atoms with Crippen molar-refractivity contribution >= 4 is 23.1 Å². The van der Waals surface area contributed by atoms with Gasteiger partial charge in [0, 0.05) is 27.4 Å². The number of hydrogen-bond acceptors (Lipinski definition) is 3. The molecule has 0 fully saturated rings. The van der Waals surface area contributed by atoms with Gasteiger partial charge in [0.05, 0.1) is 18.2 Å². The van der Waals surface area contributed by atoms with E-state index in [0.717, 1.165) is 11.3 Å². The Morgan fingerprint density at radius 1 is 0.926 bits per heavy atom. The molecule has 1 N–H and O–H groups in total. The molecule has 0 radical (unpaired) electrons. The molecule has 4 heteroatoms. The largest absolute Gasteiger partial charge is 0.374 e. The van der Waals surface area contributed by atoms with E-state index in [-0.39, 0.29) is 5.78 Å². The van der Waals surface area contributed by atoms with Crippen LogP contribution in [0.15, 0.2) is 72.8 Å². The summed E-state index contributed by atoms with van der Waals surface area (Å²) in [5.74, 6) is 6.02. The van der Waals surface area contributed by atoms with Crippen LogP contribution >= 0.6 is 11.6 Å². The van der Waals surface area contributed by atoms with Crippen LogP contribution in [-0.4, -0.2) is 12.3 Å². The number of nitriles is 1. The highest BCUT2D eigenvalue weighted by atomic mass is 35.5. The third kappa shape index (κ3) is 4.98. The van der Waals surface area contributed by atoms with Crippen molar-refractivity contribution in [1.82, 2.24) is 0 Å². The van der Waals surface area contributed by atoms with Crippen molar-refractivity contribution in [3.63, 3.8) is 0 Å². The fraction of sp³-hybridized carbons (Fsp3) is 0.0435. The van der Waals surface area contributed by atoms with Crippen molar-refractivity contribution in [2.75, 3.05) is 11.9 Å². The van der Waals surface area contributed by atoms with Gasteiger partial charge >= 0.3 is 0 Å². The predicted octanol–water partition coefficient (Wildman–Crippen LogP) is 4.91. The topological polar surface area (TPSA) is 52.9 Å². The molecule has 0 aliphatic carbocycles. The van der Waals surface area contributed by atoms with Gasteiger partial charge in [0.15, 0.2) is 5.78 Å². The van der Waals surface area contributed by atoms with Crippen LogP contribution < -0.4 is 5.32 Å². The van der Waals surface area contributed by atoms with Gasteiger partial charge in [0.1, 0.15) is 0 Å². The first-order chi connectivity index (χ1) is 13.2. The van der Waals surface area contributed by atoms with Gasteiger partial charge in [-0.15, -0.1) is 0 Å². The average Bonchev–Trinajstić information content (AvgIpc) is 2.71. The standard InChI is InChI=1S/C23H15ClN2O/c24-21-5-1-4-20(15-21)23(27)19-10-6-17(7-11-19)3-2-14-26-22-12-8-18(16-25)9-13-22/h1,4-13,15,26H,14H2. The fourth-order valence-corrected chi connectivity index (χ4v) is 2.65. The molecular weight excluding hydrogens is 356 g/mol. The summed E-state index contributed by atoms with van der Waals surface area (Å²) in [4.78, 5) is 12.4. The molecule has 0 saturated carbocycles. The molecule has 0 bridgehead atoms. The summed E-state index contributed by atoms with van der Waals surface area (Å²) >= 11 is 5.94. The summed E-state index contributed by atoms with van der Waals surface area (Å²) in [5.41, 5.74) is 3.52. The molecular formula is C23H15ClN2O. The normalized spacial score (nSPS) is 9.63. The van der Waals surface area contributed by atoms with Gasteiger partial charge in [-0.05, 0) is 60.7 Å². The molecule has 27 heavy (non-hydrogen) atoms. The molecule has 0 aliphatic heterocycles. The minimum atomic E-state index is -0.0699. The second-order valence-corrected chi connectivity index (χ2v) is 6.20. The summed E-state index contributed by atoms with van der Waals surface area (Å²) < 4.78 is 0. The van der Waals surface area contributed by atoms with E-state index in [1.807, 2.05) is 24.3 Å². The van der Waals surface area contributed by atoms with E-state index in [4.69, 9.17) is 16.9 Å². The van der Waals surface area contributed by atoms with Gasteiger partial charge in [-0.3, -0.25) is 4.79 Å². The van der Waals surface area contributed by atoms with Crippen molar-refractivity contribution in [1.29, 1.82) is 5.26 Å². The lowest BCUT2D eigenvalue weighted by Crippen LogP contribution is -2.01. The van der Waals surface area contributed by atoms with Crippen molar-refractivity contribution in [3.05, 3.63) is 100 Å². The Labute approximate surface area is 163 Å². The number of benzene rings is 3. The second kappa shape index (κ2) is 8.72. The highest BCUT2D eigenvalue weighted by Crippen LogP contribution is 2.15. The van der Waals surface area contributed by atoms with Crippen LogP contribution in [0.25, 0.3) is 0 Å². The van der Waals surface area contributed by atoms with Gasteiger partial charge in [-0.2, -0.15) is 5.26 Å². The van der Waals surface area contributed by atoms with E-state index in [0.29, 0.717) is 28.3 Å². The van der Waals surface area contributed by atoms with E-state index >= 15 is 0 Å². The predicted molar refractivity (Wildman–Crippen MR) is 108 cm³/mol. The number of ketones is 1. The molecule has 3 rings (SSSR count). The van der Waals surface area contributed by atoms with Crippen LogP contribution in [0.3, 0.4) is 0 Å². The summed E-state index contributed by atoms with van der Waals surface area (Å²) in [6, 6.07) is 23.4. The minimum Gasteiger partial charge on any atom is -0.374 e. The molecule has 0 saturated heterocycles. The first-order valence-corrected chi connectivity index (χ1v) is 8.67. The zero-order valence-corrected chi connectivity index (χ0v) is 15.1. The number of carbonyl (C=O) groups is 1. The zero-order chi connectivity index (χ0) is 19.1. The van der Waals surface area contributed by atoms with E-state index in [2.05, 4.69) is 23.2 Å². The molecule has 0 atom stereocenters. The molecule has 3 aromatic rings. The maximum atomic E-state index is 12.4. The number of carbonyl (C=O) groups excluding carboxylic acids is 1. The molecule has 3 aromatic carbocycles. The molecule has 0 unspecified atom stereocenters. The quantitative estimate of drug-likeness (QED) is 0.524. The summed E-state index contributed by atoms with van der Waals surface area (Å²) in [5, 5.41) is 12.5. The first kappa shape index (κ1) is 18.3. The first-order valence-electron chi connectivity index (χ1n) is 8.29. The smallest absolute Gasteiger partial charge is 0.193 e. The average molecular weight is 371 g/mol. The number of nitrogens with one attached hydrogen (secondary N) is 1. The Morgan fingerprint density at radius 2 is 1.63 bits per heavy atom. The maximum Gasteiger partial charge on any atom is 0.193 e. The lowest BCUT2D eigenvalue weighted by atomic mass is 10.0. The molecule has 0 aromatic heterocycles. The lowest BCUT2D eigenvalue weighted by Gasteiger charge is -2.02. The van der Waals surface area contributed by atoms with Gasteiger partial charge in [-0.1, -0.05) is 35.6 Å². The third-order valence-corrected chi connectivity index (χ3v) is 4.10. The van der Waals surface area contributed by atoms with Crippen LogP contribution in [0.2, 0.25) is 5.02 Å². The SMILES string of the molecule is N#Cc1ccc(NCC#Cc2ccc(C(=O)c3cccc(Cl)c3)cc2)cc1. The second-order valence-electron chi connectivity index (χ2n) is 5.76. The Morgan fingerprint density at radius 3 is 2.30 bits per heavy atom. The molecule has 0 aliphatic rings. The Bertz CT molecular complexity index is 1050. The third-order valence-electron chi connectivity index (χ3n) is 3.86. The Balaban J connectivity index is 1.60. The van der Waals surface area contributed by atoms with Crippen LogP contribution in [-0.2, 0) is 0 Å². The van der Waals surface area contributed by atoms with E-state index in [9.17, 15) is 4.79 Å². The monoisotopic (exact) mass is 370 g/mol. The number of rotatable bonds is 4. The molecule has 0 spiro atoms. The van der Waals surface area contributed by atoms with E-state index < -0.39 is 0 Å². The van der Waals surface area contributed by atoms with Gasteiger partial charge in [0.2, 0.25) is 0 Å². The number of anilines is 1. The van der Waals surface area contributed by atoms with E-state index in [1.165, 1.54) is 0 Å². The van der Waals surface area contributed by atoms with Crippen LogP contribution in [0, 0.1) is 23.2 Å². The van der Waals surface area contributed by atoms with Crippen molar-refractivity contribution in [3.8, 4) is 17.9 Å². The Kier molecular flexibility index (Phi) is 5.90. The molecule has 0 amide bonds. The van der Waals surface area contributed by atoms with Crippen LogP contribution in [0.5, 0.6) is 0 Å². The van der Waals surface area contributed by atoms with Gasteiger partial charge in [0.25, 0.3) is 0 Å². The number of hydrogen-bond donors (Lipinski definition) is 1. The summed E-state index contributed by atoms with van der Waals surface area (Å²) in [6.45, 7) is 0.481. The Hall–Kier alpha value is -3.53. The lowest BCUT2D eigenvalue weighted by molar-refractivity contribution is 0.103. The summed E-state index contributed by atoms with van der Waals surface area (Å²) in [7, 11) is 0. The minimum absolute atomic E-state index is 0.0699. The van der Waals surface area contributed by atoms with Crippen LogP contribution in [0.4, 0.5) is 5.69 Å². The van der Waals surface area contributed by atoms with Crippen molar-refractivity contribution in [2.24, 2.45) is 0 Å². The molecule has 130 valence electrons. The highest BCUT2D eigenvalue weighted by Gasteiger charge is 2.08. The number of nitrogens with zero attached hydrogens (tertiary/aromatic N) is 1. The highest BCUT2D eigenvalue weighted by molar-refractivity contribution is 6.31. The molecule has 0 heterocycles. The van der Waals surface area contributed by atoms with Crippen molar-refractivity contribution in [2.45, 2.75) is 0 Å². The van der Waals surface area contributed by atoms with Crippen molar-refractivity contribution < 1.29 is 4.79 Å². The zero-order valence-electron chi connectivity index (χ0n) is 14.4. The van der Waals surface area contributed by atoms with Crippen LogP contribution in [0.1, 0.15) is 27.0 Å².